The molecule has 0 saturated heterocycles. The lowest BCUT2D eigenvalue weighted by atomic mass is 9.47. The Bertz CT molecular complexity index is 1370. The number of carbonyl (C=O) groups excluding carboxylic acids is 3. The van der Waals surface area contributed by atoms with E-state index in [4.69, 9.17) is 14.2 Å². The first-order chi connectivity index (χ1) is 34.4. The largest absolute Gasteiger partial charge is 0.466 e. The standard InChI is InChI=1S/C64H117NO6/c1-8-13-16-19-22-23-24-25-26-27-28-29-32-35-38-42-59(66)69-48-44-62(6)52-58-53-63(7,45-49-70-60(67)43-39-47-65(11-4)12-5)56-64(54-58,55-62)46-50-71-61(68)51-57(40-36-33-30-20-17-14-9-2)41-37-34-31-21-18-15-10-3/h22-23,25-26,57-58H,8-21,24,27-56H2,1-7H3/b23-22-,26-25-. The van der Waals surface area contributed by atoms with Crippen molar-refractivity contribution in [2.24, 2.45) is 28.1 Å². The lowest BCUT2D eigenvalue weighted by molar-refractivity contribution is -0.148. The molecule has 71 heavy (non-hydrogen) atoms. The van der Waals surface area contributed by atoms with Crippen molar-refractivity contribution < 1.29 is 28.6 Å². The van der Waals surface area contributed by atoms with E-state index in [1.165, 1.54) is 135 Å². The molecule has 2 saturated carbocycles. The predicted octanol–water partition coefficient (Wildman–Crippen LogP) is 18.6. The molecule has 0 aromatic heterocycles. The second-order valence-electron chi connectivity index (χ2n) is 23.9. The fraction of sp³-hybridized carbons (Fsp3) is 0.891. The molecular formula is C64H117NO6. The van der Waals surface area contributed by atoms with E-state index in [-0.39, 0.29) is 34.2 Å². The summed E-state index contributed by atoms with van der Waals surface area (Å²) in [6.07, 6.45) is 53.2. The summed E-state index contributed by atoms with van der Waals surface area (Å²) >= 11 is 0. The highest BCUT2D eigenvalue weighted by Crippen LogP contribution is 2.63. The lowest BCUT2D eigenvalue weighted by Gasteiger charge is -2.58. The van der Waals surface area contributed by atoms with E-state index in [2.05, 4.69) is 77.7 Å². The normalized spacial score (nSPS) is 21.2. The highest BCUT2D eigenvalue weighted by Gasteiger charge is 2.53. The third-order valence-electron chi connectivity index (χ3n) is 16.7. The van der Waals surface area contributed by atoms with Crippen LogP contribution in [0.1, 0.15) is 299 Å². The Morgan fingerprint density at radius 2 is 0.915 bits per heavy atom. The first-order valence-electron chi connectivity index (χ1n) is 30.9. The number of fused-ring (bicyclic) bond motifs is 2. The minimum absolute atomic E-state index is 0.00472. The van der Waals surface area contributed by atoms with Crippen LogP contribution in [0.2, 0.25) is 0 Å². The number of allylic oxidation sites excluding steroid dienone is 4. The molecule has 2 fully saturated rings. The Balaban J connectivity index is 1.95. The molecule has 4 atom stereocenters. The van der Waals surface area contributed by atoms with E-state index in [9.17, 15) is 14.4 Å². The van der Waals surface area contributed by atoms with Crippen LogP contribution in [0.15, 0.2) is 24.3 Å². The topological polar surface area (TPSA) is 82.1 Å². The molecule has 0 aliphatic heterocycles. The van der Waals surface area contributed by atoms with Crippen LogP contribution in [0.3, 0.4) is 0 Å². The summed E-state index contributed by atoms with van der Waals surface area (Å²) in [7, 11) is 0. The summed E-state index contributed by atoms with van der Waals surface area (Å²) in [6.45, 7) is 20.4. The summed E-state index contributed by atoms with van der Waals surface area (Å²) in [5.74, 6) is 0.835. The molecule has 2 aliphatic carbocycles. The fourth-order valence-corrected chi connectivity index (χ4v) is 12.9. The smallest absolute Gasteiger partial charge is 0.306 e. The van der Waals surface area contributed by atoms with Crippen molar-refractivity contribution in [1.82, 2.24) is 4.90 Å². The van der Waals surface area contributed by atoms with Crippen LogP contribution < -0.4 is 0 Å². The number of hydrogen-bond acceptors (Lipinski definition) is 7. The van der Waals surface area contributed by atoms with Crippen LogP contribution in [0.25, 0.3) is 0 Å². The second-order valence-corrected chi connectivity index (χ2v) is 23.9. The van der Waals surface area contributed by atoms with Gasteiger partial charge in [0.15, 0.2) is 0 Å². The molecule has 7 nitrogen and oxygen atoms in total. The molecule has 2 bridgehead atoms. The van der Waals surface area contributed by atoms with Crippen LogP contribution in [-0.4, -0.2) is 62.3 Å². The van der Waals surface area contributed by atoms with E-state index in [1.54, 1.807) is 0 Å². The maximum absolute atomic E-state index is 13.7. The molecule has 0 spiro atoms. The van der Waals surface area contributed by atoms with Gasteiger partial charge >= 0.3 is 17.9 Å². The van der Waals surface area contributed by atoms with Crippen LogP contribution in [0, 0.1) is 28.1 Å². The average Bonchev–Trinajstić information content (AvgIpc) is 3.32. The SMILES string of the molecule is CCCCC/C=C\C/C=C\CCCCCCCC(=O)OCCC1(C)CC2CC(C)(CCOC(=O)CCCN(CC)CC)CC(CCOC(=O)CC(CCCCCCCCC)CCCCCCCCC)(C2)C1. The highest BCUT2D eigenvalue weighted by molar-refractivity contribution is 5.70. The first kappa shape index (κ1) is 65.0. The van der Waals surface area contributed by atoms with Crippen molar-refractivity contribution in [1.29, 1.82) is 0 Å². The van der Waals surface area contributed by atoms with E-state index >= 15 is 0 Å². The van der Waals surface area contributed by atoms with Crippen LogP contribution in [0.5, 0.6) is 0 Å². The van der Waals surface area contributed by atoms with Crippen molar-refractivity contribution in [3.63, 3.8) is 0 Å². The van der Waals surface area contributed by atoms with Gasteiger partial charge in [-0.1, -0.05) is 195 Å². The monoisotopic (exact) mass is 996 g/mol. The van der Waals surface area contributed by atoms with E-state index < -0.39 is 0 Å². The van der Waals surface area contributed by atoms with Crippen molar-refractivity contribution in [3.05, 3.63) is 24.3 Å². The van der Waals surface area contributed by atoms with Gasteiger partial charge in [0.2, 0.25) is 0 Å². The van der Waals surface area contributed by atoms with Gasteiger partial charge in [0.1, 0.15) is 0 Å². The van der Waals surface area contributed by atoms with Crippen LogP contribution >= 0.6 is 0 Å². The molecule has 0 amide bonds. The molecule has 2 rings (SSSR count). The average molecular weight is 997 g/mol. The van der Waals surface area contributed by atoms with E-state index in [0.29, 0.717) is 50.9 Å². The van der Waals surface area contributed by atoms with Gasteiger partial charge < -0.3 is 19.1 Å². The maximum atomic E-state index is 13.7. The van der Waals surface area contributed by atoms with Gasteiger partial charge in [-0.2, -0.15) is 0 Å². The first-order valence-corrected chi connectivity index (χ1v) is 30.9. The van der Waals surface area contributed by atoms with E-state index in [1.807, 2.05) is 0 Å². The fourth-order valence-electron chi connectivity index (χ4n) is 12.9. The Kier molecular flexibility index (Phi) is 37.6. The molecule has 0 aromatic carbocycles. The molecule has 0 aromatic rings. The minimum atomic E-state index is -0.0757. The van der Waals surface area contributed by atoms with Gasteiger partial charge in [0.05, 0.1) is 19.8 Å². The summed E-state index contributed by atoms with van der Waals surface area (Å²) in [4.78, 5) is 41.8. The lowest BCUT2D eigenvalue weighted by Crippen LogP contribution is -2.48. The maximum Gasteiger partial charge on any atom is 0.306 e. The van der Waals surface area contributed by atoms with Crippen molar-refractivity contribution in [2.45, 2.75) is 299 Å². The second kappa shape index (κ2) is 41.1. The van der Waals surface area contributed by atoms with Crippen molar-refractivity contribution in [2.75, 3.05) is 39.5 Å². The molecule has 0 N–H and O–H groups in total. The van der Waals surface area contributed by atoms with Gasteiger partial charge in [0, 0.05) is 19.3 Å². The summed E-state index contributed by atoms with van der Waals surface area (Å²) in [6, 6.07) is 0. The number of unbranched alkanes of at least 4 members (excludes halogenated alkanes) is 20. The molecule has 414 valence electrons. The zero-order chi connectivity index (χ0) is 51.7. The molecule has 4 unspecified atom stereocenters. The molecular weight excluding hydrogens is 879 g/mol. The Labute approximate surface area is 440 Å². The van der Waals surface area contributed by atoms with Crippen LogP contribution in [0.4, 0.5) is 0 Å². The van der Waals surface area contributed by atoms with Gasteiger partial charge in [-0.15, -0.1) is 0 Å². The Hall–Kier alpha value is -2.15. The summed E-state index contributed by atoms with van der Waals surface area (Å²) in [5, 5.41) is 0. The number of hydrogen-bond donors (Lipinski definition) is 0. The third-order valence-corrected chi connectivity index (χ3v) is 16.7. The molecule has 2 aliphatic rings. The van der Waals surface area contributed by atoms with Gasteiger partial charge in [-0.25, -0.2) is 0 Å². The zero-order valence-electron chi connectivity index (χ0n) is 48.2. The molecule has 7 heteroatoms. The van der Waals surface area contributed by atoms with Gasteiger partial charge in [-0.05, 0) is 157 Å². The van der Waals surface area contributed by atoms with Gasteiger partial charge in [0.25, 0.3) is 0 Å². The Morgan fingerprint density at radius 3 is 1.44 bits per heavy atom. The summed E-state index contributed by atoms with van der Waals surface area (Å²) < 4.78 is 18.1. The van der Waals surface area contributed by atoms with Crippen molar-refractivity contribution in [3.8, 4) is 0 Å². The minimum Gasteiger partial charge on any atom is -0.466 e. The summed E-state index contributed by atoms with van der Waals surface area (Å²) in [5.41, 5.74) is 0.156. The number of nitrogens with zero attached hydrogens (tertiary/aromatic N) is 1. The number of rotatable bonds is 47. The van der Waals surface area contributed by atoms with Gasteiger partial charge in [-0.3, -0.25) is 14.4 Å². The third kappa shape index (κ3) is 32.7. The number of ether oxygens (including phenoxy) is 3. The van der Waals surface area contributed by atoms with Crippen LogP contribution in [-0.2, 0) is 28.6 Å². The zero-order valence-corrected chi connectivity index (χ0v) is 48.2. The van der Waals surface area contributed by atoms with E-state index in [0.717, 1.165) is 116 Å². The highest BCUT2D eigenvalue weighted by atomic mass is 16.5. The predicted molar refractivity (Wildman–Crippen MR) is 302 cm³/mol. The molecule has 0 radical (unpaired) electrons. The number of esters is 3. The quantitative estimate of drug-likeness (QED) is 0.0260. The van der Waals surface area contributed by atoms with Crippen molar-refractivity contribution >= 4 is 17.9 Å². The number of carbonyl (C=O) groups is 3. The Morgan fingerprint density at radius 1 is 0.493 bits per heavy atom. The molecule has 0 heterocycles.